The van der Waals surface area contributed by atoms with E-state index in [0.717, 1.165) is 5.56 Å². The van der Waals surface area contributed by atoms with Gasteiger partial charge in [-0.1, -0.05) is 41.6 Å². The first-order chi connectivity index (χ1) is 12.2. The summed E-state index contributed by atoms with van der Waals surface area (Å²) in [5.74, 6) is -0.324. The lowest BCUT2D eigenvalue weighted by Gasteiger charge is -2.05. The average molecular weight is 342 g/mol. The Balaban J connectivity index is 1.56. The van der Waals surface area contributed by atoms with Crippen molar-refractivity contribution in [3.05, 3.63) is 65.8 Å². The van der Waals surface area contributed by atoms with Crippen molar-refractivity contribution in [1.82, 2.24) is 10.1 Å². The van der Waals surface area contributed by atoms with Crippen LogP contribution in [0.4, 0.5) is 4.39 Å². The van der Waals surface area contributed by atoms with Crippen molar-refractivity contribution in [3.8, 4) is 17.1 Å². The van der Waals surface area contributed by atoms with Gasteiger partial charge < -0.3 is 14.0 Å². The molecule has 6 nitrogen and oxygen atoms in total. The summed E-state index contributed by atoms with van der Waals surface area (Å²) in [5.41, 5.74) is 1.29. The minimum absolute atomic E-state index is 0.0689. The van der Waals surface area contributed by atoms with Crippen LogP contribution in [0.2, 0.25) is 0 Å². The lowest BCUT2D eigenvalue weighted by Crippen LogP contribution is -2.08. The molecule has 0 atom stereocenters. The van der Waals surface area contributed by atoms with E-state index in [-0.39, 0.29) is 24.7 Å². The molecule has 2 aromatic carbocycles. The van der Waals surface area contributed by atoms with Gasteiger partial charge in [-0.3, -0.25) is 4.79 Å². The third-order valence-corrected chi connectivity index (χ3v) is 3.42. The summed E-state index contributed by atoms with van der Waals surface area (Å²) >= 11 is 0. The molecule has 0 saturated heterocycles. The number of rotatable bonds is 6. The van der Waals surface area contributed by atoms with Gasteiger partial charge in [0, 0.05) is 5.56 Å². The van der Waals surface area contributed by atoms with Gasteiger partial charge >= 0.3 is 5.97 Å². The Hall–Kier alpha value is -3.22. The molecule has 0 bridgehead atoms. The Morgan fingerprint density at radius 2 is 2.00 bits per heavy atom. The molecule has 0 fully saturated rings. The van der Waals surface area contributed by atoms with Gasteiger partial charge in [0.15, 0.2) is 18.2 Å². The molecule has 0 amide bonds. The second kappa shape index (κ2) is 7.57. The SMILES string of the molecule is COc1ccc(CC(=O)OCc2nc(-c3ccccc3)no2)cc1F. The van der Waals surface area contributed by atoms with E-state index in [1.807, 2.05) is 30.3 Å². The van der Waals surface area contributed by atoms with Crippen LogP contribution in [-0.2, 0) is 22.6 Å². The molecule has 3 rings (SSSR count). The number of carbonyl (C=O) groups excluding carboxylic acids is 1. The van der Waals surface area contributed by atoms with Gasteiger partial charge in [-0.2, -0.15) is 4.98 Å². The zero-order chi connectivity index (χ0) is 17.6. The maximum Gasteiger partial charge on any atom is 0.310 e. The van der Waals surface area contributed by atoms with E-state index in [0.29, 0.717) is 11.4 Å². The van der Waals surface area contributed by atoms with E-state index in [1.54, 1.807) is 6.07 Å². The van der Waals surface area contributed by atoms with Crippen molar-refractivity contribution in [1.29, 1.82) is 0 Å². The van der Waals surface area contributed by atoms with Crippen LogP contribution in [0.1, 0.15) is 11.5 Å². The number of hydrogen-bond acceptors (Lipinski definition) is 6. The molecule has 0 radical (unpaired) electrons. The smallest absolute Gasteiger partial charge is 0.310 e. The summed E-state index contributed by atoms with van der Waals surface area (Å²) in [5, 5.41) is 3.84. The van der Waals surface area contributed by atoms with Gasteiger partial charge in [-0.25, -0.2) is 4.39 Å². The highest BCUT2D eigenvalue weighted by molar-refractivity contribution is 5.72. The molecule has 0 N–H and O–H groups in total. The van der Waals surface area contributed by atoms with Crippen LogP contribution >= 0.6 is 0 Å². The standard InChI is InChI=1S/C18H15FN2O4/c1-23-15-8-7-12(9-14(15)19)10-17(22)24-11-16-20-18(21-25-16)13-5-3-2-4-6-13/h2-9H,10-11H2,1H3. The summed E-state index contributed by atoms with van der Waals surface area (Å²) in [6, 6.07) is 13.6. The second-order valence-electron chi connectivity index (χ2n) is 5.18. The highest BCUT2D eigenvalue weighted by atomic mass is 19.1. The molecular weight excluding hydrogens is 327 g/mol. The normalized spacial score (nSPS) is 10.5. The fourth-order valence-corrected chi connectivity index (χ4v) is 2.20. The number of methoxy groups -OCH3 is 1. The first-order valence-electron chi connectivity index (χ1n) is 7.52. The average Bonchev–Trinajstić information content (AvgIpc) is 3.10. The summed E-state index contributed by atoms with van der Waals surface area (Å²) in [7, 11) is 1.38. The Morgan fingerprint density at radius 3 is 2.72 bits per heavy atom. The van der Waals surface area contributed by atoms with Gasteiger partial charge in [0.05, 0.1) is 13.5 Å². The van der Waals surface area contributed by atoms with E-state index in [9.17, 15) is 9.18 Å². The maximum absolute atomic E-state index is 13.6. The first-order valence-corrected chi connectivity index (χ1v) is 7.52. The Bertz CT molecular complexity index is 865. The van der Waals surface area contributed by atoms with E-state index in [1.165, 1.54) is 19.2 Å². The highest BCUT2D eigenvalue weighted by Gasteiger charge is 2.12. The van der Waals surface area contributed by atoms with Gasteiger partial charge in [0.25, 0.3) is 5.89 Å². The molecular formula is C18H15FN2O4. The topological polar surface area (TPSA) is 74.5 Å². The largest absolute Gasteiger partial charge is 0.494 e. The molecule has 25 heavy (non-hydrogen) atoms. The van der Waals surface area contributed by atoms with Crippen LogP contribution < -0.4 is 4.74 Å². The van der Waals surface area contributed by atoms with Crippen molar-refractivity contribution in [3.63, 3.8) is 0 Å². The van der Waals surface area contributed by atoms with E-state index in [2.05, 4.69) is 10.1 Å². The summed E-state index contributed by atoms with van der Waals surface area (Å²) in [4.78, 5) is 16.0. The van der Waals surface area contributed by atoms with Crippen LogP contribution in [0.25, 0.3) is 11.4 Å². The molecule has 7 heteroatoms. The molecule has 1 aromatic heterocycles. The summed E-state index contributed by atoms with van der Waals surface area (Å²) in [6.45, 7) is -0.142. The van der Waals surface area contributed by atoms with Crippen molar-refractivity contribution in [2.45, 2.75) is 13.0 Å². The number of benzene rings is 2. The second-order valence-corrected chi connectivity index (χ2v) is 5.18. The number of hydrogen-bond donors (Lipinski definition) is 0. The fourth-order valence-electron chi connectivity index (χ4n) is 2.20. The highest BCUT2D eigenvalue weighted by Crippen LogP contribution is 2.18. The predicted molar refractivity (Wildman–Crippen MR) is 86.2 cm³/mol. The first kappa shape index (κ1) is 16.6. The number of halogens is 1. The molecule has 0 aliphatic carbocycles. The molecule has 1 heterocycles. The minimum atomic E-state index is -0.530. The third-order valence-electron chi connectivity index (χ3n) is 3.42. The predicted octanol–water partition coefficient (Wildman–Crippen LogP) is 3.17. The number of ether oxygens (including phenoxy) is 2. The van der Waals surface area contributed by atoms with Gasteiger partial charge in [-0.15, -0.1) is 0 Å². The Labute approximate surface area is 143 Å². The van der Waals surface area contributed by atoms with Gasteiger partial charge in [0.1, 0.15) is 0 Å². The van der Waals surface area contributed by atoms with E-state index in [4.69, 9.17) is 14.0 Å². The molecule has 0 spiro atoms. The minimum Gasteiger partial charge on any atom is -0.494 e. The molecule has 0 aliphatic rings. The van der Waals surface area contributed by atoms with Crippen molar-refractivity contribution < 1.29 is 23.2 Å². The maximum atomic E-state index is 13.6. The number of carbonyl (C=O) groups is 1. The Kier molecular flexibility index (Phi) is 5.03. The summed E-state index contributed by atoms with van der Waals surface area (Å²) in [6.07, 6.45) is -0.0689. The monoisotopic (exact) mass is 342 g/mol. The van der Waals surface area contributed by atoms with Crippen LogP contribution in [0.15, 0.2) is 53.1 Å². The lowest BCUT2D eigenvalue weighted by molar-refractivity contribution is -0.144. The molecule has 0 unspecified atom stereocenters. The van der Waals surface area contributed by atoms with Crippen molar-refractivity contribution in [2.24, 2.45) is 0 Å². The van der Waals surface area contributed by atoms with Gasteiger partial charge in [-0.05, 0) is 17.7 Å². The third kappa shape index (κ3) is 4.20. The molecule has 0 aliphatic heterocycles. The quantitative estimate of drug-likeness (QED) is 0.641. The Morgan fingerprint density at radius 1 is 1.20 bits per heavy atom. The van der Waals surface area contributed by atoms with Crippen molar-refractivity contribution >= 4 is 5.97 Å². The van der Waals surface area contributed by atoms with E-state index < -0.39 is 11.8 Å². The summed E-state index contributed by atoms with van der Waals surface area (Å²) < 4.78 is 28.6. The zero-order valence-electron chi connectivity index (χ0n) is 13.4. The number of nitrogens with zero attached hydrogens (tertiary/aromatic N) is 2. The molecule has 3 aromatic rings. The zero-order valence-corrected chi connectivity index (χ0v) is 13.4. The fraction of sp³-hybridized carbons (Fsp3) is 0.167. The van der Waals surface area contributed by atoms with Crippen molar-refractivity contribution in [2.75, 3.05) is 7.11 Å². The number of aromatic nitrogens is 2. The number of esters is 1. The van der Waals surface area contributed by atoms with Crippen LogP contribution in [-0.4, -0.2) is 23.2 Å². The van der Waals surface area contributed by atoms with Crippen LogP contribution in [0, 0.1) is 5.82 Å². The molecule has 128 valence electrons. The lowest BCUT2D eigenvalue weighted by atomic mass is 10.1. The van der Waals surface area contributed by atoms with Crippen LogP contribution in [0.3, 0.4) is 0 Å². The van der Waals surface area contributed by atoms with Crippen LogP contribution in [0.5, 0.6) is 5.75 Å². The van der Waals surface area contributed by atoms with E-state index >= 15 is 0 Å². The molecule has 0 saturated carbocycles. The van der Waals surface area contributed by atoms with Gasteiger partial charge in [0.2, 0.25) is 5.82 Å².